The Morgan fingerprint density at radius 2 is 2.12 bits per heavy atom. The number of halogens is 1. The van der Waals surface area contributed by atoms with Crippen LogP contribution in [0.3, 0.4) is 0 Å². The van der Waals surface area contributed by atoms with Crippen molar-refractivity contribution in [1.29, 1.82) is 0 Å². The number of carbonyl (C=O) groups excluding carboxylic acids is 1. The summed E-state index contributed by atoms with van der Waals surface area (Å²) in [5.74, 6) is -0.668. The van der Waals surface area contributed by atoms with E-state index in [0.29, 0.717) is 12.1 Å². The van der Waals surface area contributed by atoms with Crippen molar-refractivity contribution in [2.75, 3.05) is 5.32 Å². The molecule has 1 N–H and O–H groups in total. The van der Waals surface area contributed by atoms with Crippen molar-refractivity contribution in [2.45, 2.75) is 13.5 Å². The molecule has 1 amide bonds. The van der Waals surface area contributed by atoms with Crippen LogP contribution in [-0.4, -0.2) is 26.1 Å². The van der Waals surface area contributed by atoms with Gasteiger partial charge in [-0.15, -0.1) is 5.10 Å². The summed E-state index contributed by atoms with van der Waals surface area (Å²) in [5, 5.41) is 13.7. The van der Waals surface area contributed by atoms with Gasteiger partial charge in [-0.3, -0.25) is 10.1 Å². The second kappa shape index (κ2) is 4.69. The number of rotatable bonds is 3. The summed E-state index contributed by atoms with van der Waals surface area (Å²) < 4.78 is 12.7. The van der Waals surface area contributed by atoms with Crippen LogP contribution >= 0.6 is 0 Å². The Kier molecular flexibility index (Phi) is 3.08. The minimum atomic E-state index is -0.402. The summed E-state index contributed by atoms with van der Waals surface area (Å²) >= 11 is 0. The average Bonchev–Trinajstić information content (AvgIpc) is 2.77. The van der Waals surface area contributed by atoms with Crippen LogP contribution < -0.4 is 5.32 Å². The normalized spacial score (nSPS) is 10.2. The molecule has 17 heavy (non-hydrogen) atoms. The monoisotopic (exact) mass is 235 g/mol. The van der Waals surface area contributed by atoms with Gasteiger partial charge in [-0.25, -0.2) is 4.39 Å². The van der Waals surface area contributed by atoms with Crippen LogP contribution in [0.2, 0.25) is 0 Å². The highest BCUT2D eigenvalue weighted by molar-refractivity contribution is 6.03. The summed E-state index contributed by atoms with van der Waals surface area (Å²) in [6.07, 6.45) is 0. The van der Waals surface area contributed by atoms with Crippen LogP contribution in [0.4, 0.5) is 10.3 Å². The summed E-state index contributed by atoms with van der Waals surface area (Å²) in [6.45, 7) is 2.42. The molecule has 1 aromatic heterocycles. The van der Waals surface area contributed by atoms with Crippen molar-refractivity contribution in [3.63, 3.8) is 0 Å². The molecule has 88 valence electrons. The van der Waals surface area contributed by atoms with E-state index in [1.165, 1.54) is 29.1 Å². The molecule has 0 bridgehead atoms. The lowest BCUT2D eigenvalue weighted by Gasteiger charge is -1.99. The zero-order valence-electron chi connectivity index (χ0n) is 9.09. The lowest BCUT2D eigenvalue weighted by atomic mass is 10.2. The summed E-state index contributed by atoms with van der Waals surface area (Å²) in [4.78, 5) is 13.0. The molecule has 0 aliphatic rings. The van der Waals surface area contributed by atoms with Crippen LogP contribution in [0.5, 0.6) is 0 Å². The molecule has 0 saturated carbocycles. The van der Waals surface area contributed by atoms with E-state index < -0.39 is 11.7 Å². The van der Waals surface area contributed by atoms with Gasteiger partial charge in [-0.2, -0.15) is 4.80 Å². The van der Waals surface area contributed by atoms with Gasteiger partial charge in [-0.1, -0.05) is 5.10 Å². The molecule has 0 atom stereocenters. The number of amides is 1. The van der Waals surface area contributed by atoms with Gasteiger partial charge in [-0.05, 0) is 36.4 Å². The van der Waals surface area contributed by atoms with Gasteiger partial charge in [0.2, 0.25) is 0 Å². The fourth-order valence-electron chi connectivity index (χ4n) is 1.20. The molecule has 0 aliphatic carbocycles. The van der Waals surface area contributed by atoms with Gasteiger partial charge >= 0.3 is 0 Å². The molecule has 2 rings (SSSR count). The molecule has 2 aromatic rings. The standard InChI is InChI=1S/C10H10FN5O/c1-2-16-14-10(13-15-16)12-9(17)7-3-5-8(11)6-4-7/h3-6H,2H2,1H3,(H,12,14,17). The van der Waals surface area contributed by atoms with Crippen LogP contribution in [0.15, 0.2) is 24.3 Å². The van der Waals surface area contributed by atoms with Crippen molar-refractivity contribution < 1.29 is 9.18 Å². The number of benzene rings is 1. The molecule has 7 heteroatoms. The van der Waals surface area contributed by atoms with E-state index in [9.17, 15) is 9.18 Å². The lowest BCUT2D eigenvalue weighted by Crippen LogP contribution is -2.13. The Morgan fingerprint density at radius 1 is 1.41 bits per heavy atom. The summed E-state index contributed by atoms with van der Waals surface area (Å²) in [5.41, 5.74) is 0.333. The van der Waals surface area contributed by atoms with E-state index in [1.807, 2.05) is 6.92 Å². The first-order valence-corrected chi connectivity index (χ1v) is 5.04. The van der Waals surface area contributed by atoms with Crippen molar-refractivity contribution in [3.8, 4) is 0 Å². The lowest BCUT2D eigenvalue weighted by molar-refractivity contribution is 0.102. The van der Waals surface area contributed by atoms with Crippen molar-refractivity contribution in [1.82, 2.24) is 20.2 Å². The van der Waals surface area contributed by atoms with E-state index in [4.69, 9.17) is 0 Å². The predicted molar refractivity (Wildman–Crippen MR) is 57.8 cm³/mol. The molecule has 0 radical (unpaired) electrons. The number of aromatic nitrogens is 4. The highest BCUT2D eigenvalue weighted by Crippen LogP contribution is 2.05. The number of carbonyl (C=O) groups is 1. The first kappa shape index (κ1) is 11.2. The molecule has 1 heterocycles. The Morgan fingerprint density at radius 3 is 2.71 bits per heavy atom. The van der Waals surface area contributed by atoms with Gasteiger partial charge in [0.15, 0.2) is 0 Å². The van der Waals surface area contributed by atoms with Gasteiger partial charge in [0.1, 0.15) is 5.82 Å². The second-order valence-electron chi connectivity index (χ2n) is 3.26. The number of hydrogen-bond donors (Lipinski definition) is 1. The first-order valence-electron chi connectivity index (χ1n) is 5.04. The maximum Gasteiger partial charge on any atom is 0.270 e. The molecule has 1 aromatic carbocycles. The van der Waals surface area contributed by atoms with Crippen molar-refractivity contribution >= 4 is 11.9 Å². The molecule has 0 unspecified atom stereocenters. The minimum absolute atomic E-state index is 0.126. The van der Waals surface area contributed by atoms with Crippen LogP contribution in [-0.2, 0) is 6.54 Å². The number of nitrogens with one attached hydrogen (secondary N) is 1. The van der Waals surface area contributed by atoms with Crippen LogP contribution in [0.25, 0.3) is 0 Å². The van der Waals surface area contributed by atoms with Gasteiger partial charge in [0.25, 0.3) is 11.9 Å². The van der Waals surface area contributed by atoms with Crippen LogP contribution in [0, 0.1) is 5.82 Å². The van der Waals surface area contributed by atoms with E-state index in [-0.39, 0.29) is 5.95 Å². The maximum atomic E-state index is 12.7. The number of tetrazole rings is 1. The Balaban J connectivity index is 2.08. The van der Waals surface area contributed by atoms with Crippen LogP contribution in [0.1, 0.15) is 17.3 Å². The van der Waals surface area contributed by atoms with E-state index >= 15 is 0 Å². The summed E-state index contributed by atoms with van der Waals surface area (Å²) in [6, 6.07) is 5.19. The summed E-state index contributed by atoms with van der Waals surface area (Å²) in [7, 11) is 0. The number of anilines is 1. The zero-order valence-corrected chi connectivity index (χ0v) is 9.09. The Bertz CT molecular complexity index is 522. The minimum Gasteiger partial charge on any atom is -0.288 e. The zero-order chi connectivity index (χ0) is 12.3. The fourth-order valence-corrected chi connectivity index (χ4v) is 1.20. The molecule has 6 nitrogen and oxygen atoms in total. The molecular weight excluding hydrogens is 225 g/mol. The quantitative estimate of drug-likeness (QED) is 0.864. The Labute approximate surface area is 96.4 Å². The number of hydrogen-bond acceptors (Lipinski definition) is 4. The molecule has 0 saturated heterocycles. The number of aryl methyl sites for hydroxylation is 1. The smallest absolute Gasteiger partial charge is 0.270 e. The van der Waals surface area contributed by atoms with Gasteiger partial charge in [0.05, 0.1) is 6.54 Å². The molecule has 0 spiro atoms. The third-order valence-electron chi connectivity index (χ3n) is 2.07. The topological polar surface area (TPSA) is 72.7 Å². The number of nitrogens with zero attached hydrogens (tertiary/aromatic N) is 4. The van der Waals surface area contributed by atoms with E-state index in [1.54, 1.807) is 0 Å². The van der Waals surface area contributed by atoms with E-state index in [0.717, 1.165) is 0 Å². The Hall–Kier alpha value is -2.31. The highest BCUT2D eigenvalue weighted by Gasteiger charge is 2.09. The predicted octanol–water partition coefficient (Wildman–Crippen LogP) is 1.08. The second-order valence-corrected chi connectivity index (χ2v) is 3.26. The molecule has 0 aliphatic heterocycles. The maximum absolute atomic E-state index is 12.7. The highest BCUT2D eigenvalue weighted by atomic mass is 19.1. The first-order chi connectivity index (χ1) is 8.19. The third kappa shape index (κ3) is 2.63. The third-order valence-corrected chi connectivity index (χ3v) is 2.07. The largest absolute Gasteiger partial charge is 0.288 e. The molecule has 0 fully saturated rings. The van der Waals surface area contributed by atoms with E-state index in [2.05, 4.69) is 20.7 Å². The SMILES string of the molecule is CCn1nnc(NC(=O)c2ccc(F)cc2)n1. The van der Waals surface area contributed by atoms with Gasteiger partial charge < -0.3 is 0 Å². The molecular formula is C10H10FN5O. The van der Waals surface area contributed by atoms with Crippen molar-refractivity contribution in [3.05, 3.63) is 35.6 Å². The fraction of sp³-hybridized carbons (Fsp3) is 0.200. The average molecular weight is 235 g/mol. The van der Waals surface area contributed by atoms with Crippen molar-refractivity contribution in [2.24, 2.45) is 0 Å². The van der Waals surface area contributed by atoms with Gasteiger partial charge in [0, 0.05) is 5.56 Å².